The first-order valence-corrected chi connectivity index (χ1v) is 5.68. The molecule has 0 saturated carbocycles. The second-order valence-electron chi connectivity index (χ2n) is 4.39. The molecule has 0 spiro atoms. The number of hydrogen-bond acceptors (Lipinski definition) is 5. The van der Waals surface area contributed by atoms with Gasteiger partial charge in [0, 0.05) is 5.92 Å². The maximum atomic E-state index is 12.0. The number of nitrogens with zero attached hydrogens (tertiary/aromatic N) is 2. The molecule has 2 N–H and O–H groups in total. The number of hydrogen-bond donors (Lipinski definition) is 2. The summed E-state index contributed by atoms with van der Waals surface area (Å²) in [5.41, 5.74) is 7.94. The van der Waals surface area contributed by atoms with Crippen molar-refractivity contribution in [3.63, 3.8) is 0 Å². The van der Waals surface area contributed by atoms with Gasteiger partial charge in [-0.1, -0.05) is 6.92 Å². The topological polar surface area (TPSA) is 129 Å². The van der Waals surface area contributed by atoms with Gasteiger partial charge >= 0.3 is 11.7 Å². The Morgan fingerprint density at radius 2 is 2.05 bits per heavy atom. The maximum absolute atomic E-state index is 12.0. The van der Waals surface area contributed by atoms with Crippen LogP contribution in [0.4, 0.5) is 0 Å². The van der Waals surface area contributed by atoms with Crippen LogP contribution in [-0.4, -0.2) is 52.5 Å². The molecule has 0 aromatic rings. The Kier molecular flexibility index (Phi) is 4.52. The molecule has 19 heavy (non-hydrogen) atoms. The zero-order valence-electron chi connectivity index (χ0n) is 10.8. The summed E-state index contributed by atoms with van der Waals surface area (Å²) in [5.74, 6) is -3.72. The molecule has 1 aliphatic rings. The van der Waals surface area contributed by atoms with Crippen LogP contribution in [0.1, 0.15) is 13.8 Å². The van der Waals surface area contributed by atoms with Crippen LogP contribution in [0.5, 0.6) is 0 Å². The molecule has 4 unspecified atom stereocenters. The number of carbonyl (C=O) groups is 3. The van der Waals surface area contributed by atoms with Gasteiger partial charge < -0.3 is 20.7 Å². The number of β-lactam (4-membered cyclic amide) rings is 1. The van der Waals surface area contributed by atoms with Crippen molar-refractivity contribution < 1.29 is 29.0 Å². The number of carbonyl (C=O) groups excluding carboxylic acids is 3. The molecule has 1 heterocycles. The molecular formula is C11H15N3O5. The lowest BCUT2D eigenvalue weighted by Gasteiger charge is -2.40. The zero-order valence-corrected chi connectivity index (χ0v) is 10.8. The van der Waals surface area contributed by atoms with Crippen LogP contribution >= 0.6 is 0 Å². The first kappa shape index (κ1) is 15.0. The van der Waals surface area contributed by atoms with Gasteiger partial charge in [0.15, 0.2) is 0 Å². The molecule has 1 amide bonds. The van der Waals surface area contributed by atoms with E-state index in [1.54, 1.807) is 0 Å². The fourth-order valence-corrected chi connectivity index (χ4v) is 2.04. The van der Waals surface area contributed by atoms with Crippen LogP contribution in [0.2, 0.25) is 0 Å². The molecule has 104 valence electrons. The minimum Gasteiger partial charge on any atom is -0.460 e. The highest BCUT2D eigenvalue weighted by Gasteiger charge is 2.50. The second-order valence-corrected chi connectivity index (χ2v) is 4.39. The lowest BCUT2D eigenvalue weighted by atomic mass is 9.76. The Labute approximate surface area is 109 Å². The van der Waals surface area contributed by atoms with Crippen LogP contribution in [-0.2, 0) is 19.1 Å². The van der Waals surface area contributed by atoms with Crippen LogP contribution in [0.3, 0.4) is 0 Å². The number of methoxy groups -OCH3 is 1. The molecule has 8 nitrogen and oxygen atoms in total. The second kappa shape index (κ2) is 5.73. The number of Topliss-reactive ketones (excluding diaryl/α,β-unsaturated/α-hetero) is 1. The zero-order chi connectivity index (χ0) is 14.7. The van der Waals surface area contributed by atoms with Crippen molar-refractivity contribution in [3.8, 4) is 0 Å². The summed E-state index contributed by atoms with van der Waals surface area (Å²) in [6.45, 7) is 2.91. The Morgan fingerprint density at radius 3 is 2.42 bits per heavy atom. The van der Waals surface area contributed by atoms with Crippen LogP contribution in [0.25, 0.3) is 5.53 Å². The average Bonchev–Trinajstić information content (AvgIpc) is 2.34. The van der Waals surface area contributed by atoms with E-state index in [4.69, 9.17) is 5.53 Å². The smallest absolute Gasteiger partial charge is 0.441 e. The lowest BCUT2D eigenvalue weighted by molar-refractivity contribution is -0.145. The number of esters is 1. The Hall–Kier alpha value is -2.05. The molecule has 0 bridgehead atoms. The van der Waals surface area contributed by atoms with Crippen molar-refractivity contribution in [2.24, 2.45) is 11.8 Å². The van der Waals surface area contributed by atoms with Crippen molar-refractivity contribution in [3.05, 3.63) is 5.53 Å². The van der Waals surface area contributed by atoms with Crippen molar-refractivity contribution >= 4 is 23.4 Å². The first-order valence-electron chi connectivity index (χ1n) is 5.68. The number of amides is 1. The number of ether oxygens (including phenoxy) is 1. The van der Waals surface area contributed by atoms with Crippen LogP contribution in [0.15, 0.2) is 0 Å². The molecular weight excluding hydrogens is 254 g/mol. The van der Waals surface area contributed by atoms with E-state index in [0.717, 1.165) is 7.11 Å². The summed E-state index contributed by atoms with van der Waals surface area (Å²) < 4.78 is 4.31. The van der Waals surface area contributed by atoms with Crippen molar-refractivity contribution in [2.45, 2.75) is 26.0 Å². The quantitative estimate of drug-likeness (QED) is 0.157. The van der Waals surface area contributed by atoms with E-state index in [2.05, 4.69) is 14.8 Å². The number of ketones is 1. The van der Waals surface area contributed by atoms with E-state index < -0.39 is 41.4 Å². The SMILES string of the molecule is COC(=O)C(=[N+]=[N-])C(=O)C(C)C1NC(=O)C1C(C)O. The van der Waals surface area contributed by atoms with Gasteiger partial charge in [-0.3, -0.25) is 9.59 Å². The molecule has 0 aromatic heterocycles. The van der Waals surface area contributed by atoms with Gasteiger partial charge in [-0.25, -0.2) is 4.79 Å². The molecule has 1 saturated heterocycles. The molecule has 4 atom stereocenters. The molecule has 1 fully saturated rings. The third kappa shape index (κ3) is 2.69. The lowest BCUT2D eigenvalue weighted by Crippen LogP contribution is -2.66. The highest BCUT2D eigenvalue weighted by Crippen LogP contribution is 2.26. The minimum absolute atomic E-state index is 0.361. The predicted molar refractivity (Wildman–Crippen MR) is 61.9 cm³/mol. The Bertz CT molecular complexity index is 467. The summed E-state index contributed by atoms with van der Waals surface area (Å²) >= 11 is 0. The summed E-state index contributed by atoms with van der Waals surface area (Å²) in [5, 5.41) is 11.9. The van der Waals surface area contributed by atoms with Gasteiger partial charge in [-0.05, 0) is 6.92 Å². The predicted octanol–water partition coefficient (Wildman–Crippen LogP) is -1.47. The fourth-order valence-electron chi connectivity index (χ4n) is 2.04. The first-order chi connectivity index (χ1) is 8.84. The van der Waals surface area contributed by atoms with E-state index in [1.165, 1.54) is 13.8 Å². The normalized spacial score (nSPS) is 24.3. The van der Waals surface area contributed by atoms with Gasteiger partial charge in [-0.15, -0.1) is 0 Å². The summed E-state index contributed by atoms with van der Waals surface area (Å²) in [4.78, 5) is 37.1. The molecule has 0 aromatic carbocycles. The third-order valence-electron chi connectivity index (χ3n) is 3.18. The molecule has 1 rings (SSSR count). The van der Waals surface area contributed by atoms with Gasteiger partial charge in [0.05, 0.1) is 25.2 Å². The summed E-state index contributed by atoms with van der Waals surface area (Å²) in [7, 11) is 1.05. The highest BCUT2D eigenvalue weighted by molar-refractivity contribution is 6.62. The number of aliphatic hydroxyl groups excluding tert-OH is 1. The van der Waals surface area contributed by atoms with Gasteiger partial charge in [0.2, 0.25) is 5.91 Å². The average molecular weight is 269 g/mol. The van der Waals surface area contributed by atoms with E-state index in [-0.39, 0.29) is 5.91 Å². The fraction of sp³-hybridized carbons (Fsp3) is 0.636. The standard InChI is InChI=1S/C11H15N3O5/c1-4(7-6(5(2)15)10(17)13-7)9(16)8(14-12)11(18)19-3/h4-7,15H,1-3H3,(H,13,17). The van der Waals surface area contributed by atoms with Crippen molar-refractivity contribution in [2.75, 3.05) is 7.11 Å². The molecule has 0 aliphatic carbocycles. The van der Waals surface area contributed by atoms with Crippen LogP contribution < -0.4 is 5.32 Å². The molecule has 0 radical (unpaired) electrons. The van der Waals surface area contributed by atoms with Gasteiger partial charge in [0.1, 0.15) is 0 Å². The van der Waals surface area contributed by atoms with Crippen LogP contribution in [0, 0.1) is 11.8 Å². The van der Waals surface area contributed by atoms with Gasteiger partial charge in [-0.2, -0.15) is 4.79 Å². The largest absolute Gasteiger partial charge is 0.460 e. The third-order valence-corrected chi connectivity index (χ3v) is 3.18. The van der Waals surface area contributed by atoms with E-state index in [0.29, 0.717) is 0 Å². The number of rotatable bonds is 5. The van der Waals surface area contributed by atoms with Crippen molar-refractivity contribution in [1.82, 2.24) is 5.32 Å². The minimum atomic E-state index is -1.06. The van der Waals surface area contributed by atoms with Gasteiger partial charge in [0.25, 0.3) is 5.78 Å². The highest BCUT2D eigenvalue weighted by atomic mass is 16.5. The monoisotopic (exact) mass is 269 g/mol. The Balaban J connectivity index is 2.87. The summed E-state index contributed by atoms with van der Waals surface area (Å²) in [6, 6.07) is -0.610. The summed E-state index contributed by atoms with van der Waals surface area (Å²) in [6.07, 6.45) is -0.915. The number of nitrogens with one attached hydrogen (secondary N) is 1. The van der Waals surface area contributed by atoms with E-state index in [9.17, 15) is 19.5 Å². The number of aliphatic hydroxyl groups is 1. The van der Waals surface area contributed by atoms with E-state index >= 15 is 0 Å². The van der Waals surface area contributed by atoms with Crippen molar-refractivity contribution in [1.29, 1.82) is 0 Å². The molecule has 1 aliphatic heterocycles. The maximum Gasteiger partial charge on any atom is 0.441 e. The Morgan fingerprint density at radius 1 is 1.47 bits per heavy atom. The van der Waals surface area contributed by atoms with E-state index in [1.807, 2.05) is 0 Å². The molecule has 8 heteroatoms.